The average Bonchev–Trinajstić information content (AvgIpc) is 2.44. The minimum Gasteiger partial charge on any atom is -0.481 e. The van der Waals surface area contributed by atoms with Crippen LogP contribution in [0.15, 0.2) is 24.3 Å². The summed E-state index contributed by atoms with van der Waals surface area (Å²) in [7, 11) is 4.06. The number of thiocarbonyl (C=S) groups is 1. The van der Waals surface area contributed by atoms with Crippen molar-refractivity contribution in [1.82, 2.24) is 16.2 Å². The highest BCUT2D eigenvalue weighted by Gasteiger charge is 2.06. The van der Waals surface area contributed by atoms with Crippen molar-refractivity contribution >= 4 is 23.2 Å². The maximum Gasteiger partial charge on any atom is 0.276 e. The smallest absolute Gasteiger partial charge is 0.276 e. The zero-order valence-electron chi connectivity index (χ0n) is 12.0. The van der Waals surface area contributed by atoms with Crippen molar-refractivity contribution in [3.63, 3.8) is 0 Å². The molecule has 0 radical (unpaired) electrons. The van der Waals surface area contributed by atoms with E-state index in [2.05, 4.69) is 16.2 Å². The SMILES string of the molecule is C[NH+](C)CCNC(=S)NNC(=O)COc1ccccc1F. The van der Waals surface area contributed by atoms with Crippen LogP contribution in [0.2, 0.25) is 0 Å². The minimum atomic E-state index is -0.512. The van der Waals surface area contributed by atoms with Crippen LogP contribution in [0.25, 0.3) is 0 Å². The number of nitrogens with one attached hydrogen (secondary N) is 4. The Hall–Kier alpha value is -1.93. The van der Waals surface area contributed by atoms with Crippen LogP contribution in [0.4, 0.5) is 4.39 Å². The minimum absolute atomic E-state index is 0.0299. The summed E-state index contributed by atoms with van der Waals surface area (Å²) in [6.45, 7) is 1.28. The van der Waals surface area contributed by atoms with E-state index in [9.17, 15) is 9.18 Å². The van der Waals surface area contributed by atoms with Gasteiger partial charge in [0.1, 0.15) is 0 Å². The maximum absolute atomic E-state index is 13.3. The lowest BCUT2D eigenvalue weighted by molar-refractivity contribution is -0.856. The molecule has 0 atom stereocenters. The largest absolute Gasteiger partial charge is 0.481 e. The first kappa shape index (κ1) is 17.1. The average molecular weight is 315 g/mol. The van der Waals surface area contributed by atoms with Gasteiger partial charge in [-0.2, -0.15) is 0 Å². The molecule has 4 N–H and O–H groups in total. The van der Waals surface area contributed by atoms with Crippen LogP contribution in [0.1, 0.15) is 0 Å². The number of hydrazine groups is 1. The molecule has 0 aromatic heterocycles. The number of benzene rings is 1. The van der Waals surface area contributed by atoms with E-state index in [1.54, 1.807) is 12.1 Å². The van der Waals surface area contributed by atoms with Crippen molar-refractivity contribution in [2.24, 2.45) is 0 Å². The van der Waals surface area contributed by atoms with E-state index in [0.29, 0.717) is 11.7 Å². The molecular weight excluding hydrogens is 295 g/mol. The van der Waals surface area contributed by atoms with E-state index >= 15 is 0 Å². The Kier molecular flexibility index (Phi) is 7.41. The Morgan fingerprint density at radius 2 is 2.05 bits per heavy atom. The monoisotopic (exact) mass is 315 g/mol. The molecule has 0 aliphatic heterocycles. The number of rotatable bonds is 6. The summed E-state index contributed by atoms with van der Waals surface area (Å²) >= 11 is 4.98. The predicted molar refractivity (Wildman–Crippen MR) is 81.5 cm³/mol. The maximum atomic E-state index is 13.3. The molecule has 1 aromatic carbocycles. The molecule has 0 saturated carbocycles. The molecule has 0 bridgehead atoms. The highest BCUT2D eigenvalue weighted by molar-refractivity contribution is 7.80. The van der Waals surface area contributed by atoms with Gasteiger partial charge in [0.25, 0.3) is 5.91 Å². The number of carbonyl (C=O) groups is 1. The highest BCUT2D eigenvalue weighted by Crippen LogP contribution is 2.14. The first-order valence-corrected chi connectivity index (χ1v) is 6.89. The van der Waals surface area contributed by atoms with E-state index in [0.717, 1.165) is 6.54 Å². The standard InChI is InChI=1S/C13H19FN4O2S/c1-18(2)8-7-15-13(21)17-16-12(19)9-20-11-6-4-3-5-10(11)14/h3-6H,7-9H2,1-2H3,(H,16,19)(H2,15,17,21)/p+1. The van der Waals surface area contributed by atoms with Crippen LogP contribution >= 0.6 is 12.2 Å². The quantitative estimate of drug-likeness (QED) is 0.394. The molecule has 1 rings (SSSR count). The van der Waals surface area contributed by atoms with Gasteiger partial charge in [0.2, 0.25) is 0 Å². The molecule has 0 spiro atoms. The molecule has 0 aliphatic rings. The van der Waals surface area contributed by atoms with Crippen molar-refractivity contribution < 1.29 is 18.8 Å². The van der Waals surface area contributed by atoms with Crippen LogP contribution in [0.5, 0.6) is 5.75 Å². The molecule has 0 unspecified atom stereocenters. The Labute approximate surface area is 128 Å². The Balaban J connectivity index is 2.19. The van der Waals surface area contributed by atoms with Gasteiger partial charge in [-0.15, -0.1) is 0 Å². The van der Waals surface area contributed by atoms with Crippen LogP contribution in [0.3, 0.4) is 0 Å². The van der Waals surface area contributed by atoms with Crippen molar-refractivity contribution in [2.45, 2.75) is 0 Å². The molecule has 1 amide bonds. The summed E-state index contributed by atoms with van der Waals surface area (Å²) in [5.74, 6) is -0.940. The highest BCUT2D eigenvalue weighted by atomic mass is 32.1. The number of hydrogen-bond acceptors (Lipinski definition) is 3. The van der Waals surface area contributed by atoms with Gasteiger partial charge in [0.05, 0.1) is 27.2 Å². The molecule has 1 aromatic rings. The summed E-state index contributed by atoms with van der Waals surface area (Å²) in [5.41, 5.74) is 4.91. The normalized spacial score (nSPS) is 10.1. The molecule has 0 aliphatic carbocycles. The van der Waals surface area contributed by atoms with Gasteiger partial charge in [-0.3, -0.25) is 15.6 Å². The van der Waals surface area contributed by atoms with E-state index in [1.807, 2.05) is 14.1 Å². The molecule has 21 heavy (non-hydrogen) atoms. The van der Waals surface area contributed by atoms with Gasteiger partial charge < -0.3 is 15.0 Å². The summed E-state index contributed by atoms with van der Waals surface area (Å²) in [4.78, 5) is 12.8. The van der Waals surface area contributed by atoms with Gasteiger partial charge >= 0.3 is 0 Å². The number of amides is 1. The third kappa shape index (κ3) is 7.42. The second-order valence-corrected chi connectivity index (χ2v) is 5.01. The first-order chi connectivity index (χ1) is 9.99. The topological polar surface area (TPSA) is 66.8 Å². The molecular formula is C13H20FN4O2S+. The van der Waals surface area contributed by atoms with E-state index < -0.39 is 11.7 Å². The van der Waals surface area contributed by atoms with Crippen molar-refractivity contribution in [2.75, 3.05) is 33.8 Å². The van der Waals surface area contributed by atoms with Crippen LogP contribution in [-0.4, -0.2) is 44.8 Å². The molecule has 0 saturated heterocycles. The fourth-order valence-corrected chi connectivity index (χ4v) is 1.49. The van der Waals surface area contributed by atoms with Gasteiger partial charge in [0, 0.05) is 0 Å². The van der Waals surface area contributed by atoms with Crippen molar-refractivity contribution in [3.8, 4) is 5.75 Å². The fraction of sp³-hybridized carbons (Fsp3) is 0.385. The van der Waals surface area contributed by atoms with Crippen LogP contribution in [0, 0.1) is 5.82 Å². The van der Waals surface area contributed by atoms with Crippen molar-refractivity contribution in [1.29, 1.82) is 0 Å². The number of halogens is 1. The van der Waals surface area contributed by atoms with E-state index in [-0.39, 0.29) is 12.4 Å². The lowest BCUT2D eigenvalue weighted by Gasteiger charge is -2.13. The lowest BCUT2D eigenvalue weighted by atomic mass is 10.3. The van der Waals surface area contributed by atoms with Gasteiger partial charge in [-0.1, -0.05) is 12.1 Å². The second kappa shape index (κ2) is 9.09. The van der Waals surface area contributed by atoms with Crippen LogP contribution < -0.4 is 25.8 Å². The summed E-state index contributed by atoms with van der Waals surface area (Å²) < 4.78 is 18.3. The molecule has 0 fully saturated rings. The second-order valence-electron chi connectivity index (χ2n) is 4.61. The summed E-state index contributed by atoms with van der Waals surface area (Å²) in [5, 5.41) is 3.25. The van der Waals surface area contributed by atoms with E-state index in [1.165, 1.54) is 17.0 Å². The number of ether oxygens (including phenoxy) is 1. The fourth-order valence-electron chi connectivity index (χ4n) is 1.34. The number of hydrogen-bond donors (Lipinski definition) is 4. The first-order valence-electron chi connectivity index (χ1n) is 6.48. The van der Waals surface area contributed by atoms with Gasteiger partial charge in [-0.25, -0.2) is 4.39 Å². The molecule has 8 heteroatoms. The lowest BCUT2D eigenvalue weighted by Crippen LogP contribution is -3.06. The predicted octanol–water partition coefficient (Wildman–Crippen LogP) is -1.16. The van der Waals surface area contributed by atoms with Crippen LogP contribution in [-0.2, 0) is 4.79 Å². The zero-order chi connectivity index (χ0) is 15.7. The number of para-hydroxylation sites is 1. The number of quaternary nitrogens is 1. The van der Waals surface area contributed by atoms with Gasteiger partial charge in [-0.05, 0) is 24.4 Å². The third-order valence-corrected chi connectivity index (χ3v) is 2.67. The summed E-state index contributed by atoms with van der Waals surface area (Å²) in [6, 6.07) is 5.88. The molecule has 116 valence electrons. The van der Waals surface area contributed by atoms with Crippen molar-refractivity contribution in [3.05, 3.63) is 30.1 Å². The Morgan fingerprint density at radius 3 is 2.71 bits per heavy atom. The third-order valence-electron chi connectivity index (χ3n) is 2.42. The summed E-state index contributed by atoms with van der Waals surface area (Å²) in [6.07, 6.45) is 0. The number of likely N-dealkylation sites (N-methyl/N-ethyl adjacent to an activating group) is 1. The molecule has 6 nitrogen and oxygen atoms in total. The number of carbonyl (C=O) groups excluding carboxylic acids is 1. The van der Waals surface area contributed by atoms with Gasteiger partial charge in [0.15, 0.2) is 23.3 Å². The zero-order valence-corrected chi connectivity index (χ0v) is 12.8. The Bertz CT molecular complexity index is 485. The van der Waals surface area contributed by atoms with E-state index in [4.69, 9.17) is 17.0 Å². The molecule has 0 heterocycles. The Morgan fingerprint density at radius 1 is 1.33 bits per heavy atom.